The predicted octanol–water partition coefficient (Wildman–Crippen LogP) is 4.34. The molecule has 1 amide bonds. The second-order valence-corrected chi connectivity index (χ2v) is 8.21. The Morgan fingerprint density at radius 1 is 1.23 bits per heavy atom. The molecule has 160 valence electrons. The lowest BCUT2D eigenvalue weighted by Crippen LogP contribution is -2.41. The molecule has 6 heteroatoms. The first-order chi connectivity index (χ1) is 15.1. The minimum absolute atomic E-state index is 0.110. The van der Waals surface area contributed by atoms with Crippen LogP contribution in [0, 0.1) is 0 Å². The normalized spacial score (nSPS) is 17.2. The third kappa shape index (κ3) is 3.09. The summed E-state index contributed by atoms with van der Waals surface area (Å²) in [5.74, 6) is 0.938. The number of carbonyl (C=O) groups excluding carboxylic acids is 1. The van der Waals surface area contributed by atoms with Crippen LogP contribution in [0.3, 0.4) is 0 Å². The van der Waals surface area contributed by atoms with Crippen LogP contribution in [0.25, 0.3) is 10.9 Å². The number of fused-ring (bicyclic) bond motifs is 1. The standard InChI is InChI=1S/C25H26N2O4/c1-3-7-18-15-31-23-21(30-2)12-11-17-14-19(25(29)27(18)22(17)23)24(28)26-13-6-9-16-8-4-5-10-20(16)26/h4-5,8,10-12,14,18H,3,6-7,9,13,15H2,1-2H3. The van der Waals surface area contributed by atoms with Crippen molar-refractivity contribution in [3.63, 3.8) is 0 Å². The molecule has 2 aromatic carbocycles. The summed E-state index contributed by atoms with van der Waals surface area (Å²) in [6.45, 7) is 3.09. The fraction of sp³-hybridized carbons (Fsp3) is 0.360. The number of rotatable bonds is 4. The van der Waals surface area contributed by atoms with E-state index in [0.717, 1.165) is 42.3 Å². The van der Waals surface area contributed by atoms with Crippen molar-refractivity contribution in [3.8, 4) is 11.5 Å². The number of anilines is 1. The molecule has 1 unspecified atom stereocenters. The zero-order valence-corrected chi connectivity index (χ0v) is 17.9. The van der Waals surface area contributed by atoms with Crippen molar-refractivity contribution in [3.05, 3.63) is 63.9 Å². The Labute approximate surface area is 181 Å². The van der Waals surface area contributed by atoms with Crippen molar-refractivity contribution >= 4 is 22.5 Å². The summed E-state index contributed by atoms with van der Waals surface area (Å²) in [5, 5.41) is 0.810. The van der Waals surface area contributed by atoms with E-state index in [1.165, 1.54) is 0 Å². The molecule has 0 radical (unpaired) electrons. The van der Waals surface area contributed by atoms with Crippen LogP contribution in [0.2, 0.25) is 0 Å². The summed E-state index contributed by atoms with van der Waals surface area (Å²) in [6, 6.07) is 13.3. The number of ether oxygens (including phenoxy) is 2. The first kappa shape index (κ1) is 19.7. The Bertz CT molecular complexity index is 1230. The van der Waals surface area contributed by atoms with Crippen LogP contribution >= 0.6 is 0 Å². The molecule has 31 heavy (non-hydrogen) atoms. The third-order valence-electron chi connectivity index (χ3n) is 6.33. The summed E-state index contributed by atoms with van der Waals surface area (Å²) < 4.78 is 13.3. The lowest BCUT2D eigenvalue weighted by molar-refractivity contribution is 0.0982. The van der Waals surface area contributed by atoms with Crippen LogP contribution < -0.4 is 19.9 Å². The largest absolute Gasteiger partial charge is 0.493 e. The molecule has 1 atom stereocenters. The molecule has 0 N–H and O–H groups in total. The molecule has 5 rings (SSSR count). The predicted molar refractivity (Wildman–Crippen MR) is 121 cm³/mol. The van der Waals surface area contributed by atoms with Crippen molar-refractivity contribution in [1.82, 2.24) is 4.57 Å². The van der Waals surface area contributed by atoms with Gasteiger partial charge in [-0.3, -0.25) is 14.2 Å². The quantitative estimate of drug-likeness (QED) is 0.633. The van der Waals surface area contributed by atoms with Gasteiger partial charge in [0.25, 0.3) is 11.5 Å². The summed E-state index contributed by atoms with van der Waals surface area (Å²) in [7, 11) is 1.59. The first-order valence-corrected chi connectivity index (χ1v) is 10.9. The van der Waals surface area contributed by atoms with Crippen molar-refractivity contribution < 1.29 is 14.3 Å². The maximum Gasteiger partial charge on any atom is 0.264 e. The molecule has 2 aliphatic heterocycles. The topological polar surface area (TPSA) is 60.8 Å². The zero-order chi connectivity index (χ0) is 21.5. The molecular weight excluding hydrogens is 392 g/mol. The van der Waals surface area contributed by atoms with Crippen molar-refractivity contribution in [1.29, 1.82) is 0 Å². The van der Waals surface area contributed by atoms with Crippen molar-refractivity contribution in [2.75, 3.05) is 25.2 Å². The highest BCUT2D eigenvalue weighted by Gasteiger charge is 2.31. The molecule has 0 bridgehead atoms. The van der Waals surface area contributed by atoms with Gasteiger partial charge >= 0.3 is 0 Å². The highest BCUT2D eigenvalue weighted by atomic mass is 16.5. The summed E-state index contributed by atoms with van der Waals surface area (Å²) in [6.07, 6.45) is 3.55. The Morgan fingerprint density at radius 3 is 2.87 bits per heavy atom. The molecule has 0 aliphatic carbocycles. The Morgan fingerprint density at radius 2 is 2.06 bits per heavy atom. The van der Waals surface area contributed by atoms with Gasteiger partial charge in [-0.15, -0.1) is 0 Å². The number of nitrogens with zero attached hydrogens (tertiary/aromatic N) is 2. The van der Waals surface area contributed by atoms with Crippen LogP contribution in [0.5, 0.6) is 11.5 Å². The maximum atomic E-state index is 13.7. The fourth-order valence-corrected chi connectivity index (χ4v) is 4.87. The molecule has 0 saturated heterocycles. The number of hydrogen-bond acceptors (Lipinski definition) is 4. The molecule has 1 aromatic heterocycles. The minimum atomic E-state index is -0.253. The van der Waals surface area contributed by atoms with Gasteiger partial charge in [-0.25, -0.2) is 0 Å². The van der Waals surface area contributed by atoms with E-state index < -0.39 is 0 Å². The van der Waals surface area contributed by atoms with Crippen LogP contribution in [0.15, 0.2) is 47.3 Å². The van der Waals surface area contributed by atoms with Crippen LogP contribution in [0.1, 0.15) is 48.1 Å². The van der Waals surface area contributed by atoms with Gasteiger partial charge in [0.1, 0.15) is 12.2 Å². The number of carbonyl (C=O) groups is 1. The second-order valence-electron chi connectivity index (χ2n) is 8.21. The van der Waals surface area contributed by atoms with E-state index >= 15 is 0 Å². The highest BCUT2D eigenvalue weighted by molar-refractivity contribution is 6.08. The van der Waals surface area contributed by atoms with Crippen LogP contribution in [-0.4, -0.2) is 30.7 Å². The molecule has 0 spiro atoms. The van der Waals surface area contributed by atoms with E-state index in [1.54, 1.807) is 22.6 Å². The second kappa shape index (κ2) is 7.76. The van der Waals surface area contributed by atoms with Gasteiger partial charge in [0, 0.05) is 17.6 Å². The molecule has 3 aromatic rings. The van der Waals surface area contributed by atoms with Gasteiger partial charge in [0.2, 0.25) is 0 Å². The molecule has 0 saturated carbocycles. The molecular formula is C25H26N2O4. The summed E-state index contributed by atoms with van der Waals surface area (Å²) in [5.41, 5.74) is 2.72. The Balaban J connectivity index is 1.71. The summed E-state index contributed by atoms with van der Waals surface area (Å²) in [4.78, 5) is 29.1. The van der Waals surface area contributed by atoms with Crippen molar-refractivity contribution in [2.24, 2.45) is 0 Å². The number of benzene rings is 2. The lowest BCUT2D eigenvalue weighted by atomic mass is 10.00. The molecule has 0 fully saturated rings. The SMILES string of the molecule is CCCC1COc2c(OC)ccc3cc(C(=O)N4CCCc5ccccc54)c(=O)n1c23. The van der Waals surface area contributed by atoms with Gasteiger partial charge in [-0.05, 0) is 49.1 Å². The Hall–Kier alpha value is -3.28. The smallest absolute Gasteiger partial charge is 0.264 e. The molecule has 2 aliphatic rings. The minimum Gasteiger partial charge on any atom is -0.493 e. The van der Waals surface area contributed by atoms with Gasteiger partial charge in [0.15, 0.2) is 11.5 Å². The Kier molecular flexibility index (Phi) is 4.93. The van der Waals surface area contributed by atoms with Crippen LogP contribution in [0.4, 0.5) is 5.69 Å². The van der Waals surface area contributed by atoms with Gasteiger partial charge in [-0.2, -0.15) is 0 Å². The fourth-order valence-electron chi connectivity index (χ4n) is 4.87. The number of aromatic nitrogens is 1. The number of para-hydroxylation sites is 1. The average molecular weight is 418 g/mol. The van der Waals surface area contributed by atoms with E-state index in [4.69, 9.17) is 9.47 Å². The molecule has 6 nitrogen and oxygen atoms in total. The van der Waals surface area contributed by atoms with Gasteiger partial charge in [-0.1, -0.05) is 31.5 Å². The highest BCUT2D eigenvalue weighted by Crippen LogP contribution is 2.40. The number of aryl methyl sites for hydroxylation is 1. The zero-order valence-electron chi connectivity index (χ0n) is 17.9. The van der Waals surface area contributed by atoms with Crippen molar-refractivity contribution in [2.45, 2.75) is 38.6 Å². The number of pyridine rings is 1. The summed E-state index contributed by atoms with van der Waals surface area (Å²) >= 11 is 0. The van der Waals surface area contributed by atoms with E-state index in [-0.39, 0.29) is 23.1 Å². The van der Waals surface area contributed by atoms with E-state index in [9.17, 15) is 9.59 Å². The van der Waals surface area contributed by atoms with Crippen LogP contribution in [-0.2, 0) is 6.42 Å². The maximum absolute atomic E-state index is 13.7. The lowest BCUT2D eigenvalue weighted by Gasteiger charge is -2.31. The first-order valence-electron chi connectivity index (χ1n) is 10.9. The van der Waals surface area contributed by atoms with Gasteiger partial charge < -0.3 is 14.4 Å². The number of amides is 1. The average Bonchev–Trinajstić information content (AvgIpc) is 2.81. The number of methoxy groups -OCH3 is 1. The van der Waals surface area contributed by atoms with E-state index in [2.05, 4.69) is 13.0 Å². The monoisotopic (exact) mass is 418 g/mol. The van der Waals surface area contributed by atoms with E-state index in [1.807, 2.05) is 30.3 Å². The van der Waals surface area contributed by atoms with E-state index in [0.29, 0.717) is 30.2 Å². The number of hydrogen-bond donors (Lipinski definition) is 0. The third-order valence-corrected chi connectivity index (χ3v) is 6.33. The van der Waals surface area contributed by atoms with Gasteiger partial charge in [0.05, 0.1) is 18.7 Å². The molecule has 3 heterocycles.